The molecule has 0 spiro atoms. The molecule has 0 unspecified atom stereocenters. The van der Waals surface area contributed by atoms with Crippen molar-refractivity contribution in [1.29, 1.82) is 0 Å². The first-order chi connectivity index (χ1) is 11.7. The molecule has 7 heteroatoms. The predicted octanol–water partition coefficient (Wildman–Crippen LogP) is 1.64. The number of carbonyl (C=O) groups is 1. The molecule has 7 nitrogen and oxygen atoms in total. The number of amides is 1. The molecule has 2 heterocycles. The van der Waals surface area contributed by atoms with Crippen LogP contribution in [0.3, 0.4) is 0 Å². The van der Waals surface area contributed by atoms with Gasteiger partial charge in [-0.1, -0.05) is 18.2 Å². The van der Waals surface area contributed by atoms with Crippen LogP contribution in [-0.4, -0.2) is 22.1 Å². The van der Waals surface area contributed by atoms with E-state index in [1.165, 1.54) is 6.26 Å². The number of para-hydroxylation sites is 1. The summed E-state index contributed by atoms with van der Waals surface area (Å²) in [6.45, 7) is 0.158. The van der Waals surface area contributed by atoms with E-state index in [1.807, 2.05) is 30.3 Å². The molecular formula is C17H16N3O4+. The molecule has 1 saturated carbocycles. The lowest BCUT2D eigenvalue weighted by Gasteiger charge is -2.18. The minimum atomic E-state index is -0.489. The topological polar surface area (TPSA) is 83.3 Å². The first kappa shape index (κ1) is 14.5. The van der Waals surface area contributed by atoms with E-state index < -0.39 is 5.63 Å². The maximum Gasteiger partial charge on any atom is 0.432 e. The third kappa shape index (κ3) is 2.64. The predicted molar refractivity (Wildman–Crippen MR) is 82.5 cm³/mol. The molecule has 1 aliphatic carbocycles. The van der Waals surface area contributed by atoms with Crippen LogP contribution in [-0.2, 0) is 6.54 Å². The monoisotopic (exact) mass is 326 g/mol. The molecule has 0 bridgehead atoms. The number of rotatable bonds is 5. The molecule has 0 radical (unpaired) electrons. The standard InChI is InChI=1S/C17H15N3O4/c21-16(15-7-4-10-23-15)19(12-8-9-12)11-14-17(22)24-18-20(14)13-5-2-1-3-6-13/h1-7,10,12H,8-9,11H2/p+1. The number of furan rings is 1. The van der Waals surface area contributed by atoms with Gasteiger partial charge >= 0.3 is 11.3 Å². The first-order valence-electron chi connectivity index (χ1n) is 7.76. The van der Waals surface area contributed by atoms with E-state index in [0.29, 0.717) is 5.69 Å². The van der Waals surface area contributed by atoms with Gasteiger partial charge in [-0.05, 0) is 34.9 Å². The molecule has 3 aromatic rings. The Labute approximate surface area is 137 Å². The van der Waals surface area contributed by atoms with Crippen LogP contribution in [0.1, 0.15) is 29.1 Å². The van der Waals surface area contributed by atoms with E-state index in [0.717, 1.165) is 18.5 Å². The lowest BCUT2D eigenvalue weighted by molar-refractivity contribution is -0.678. The van der Waals surface area contributed by atoms with Gasteiger partial charge in [0.2, 0.25) is 5.69 Å². The normalized spacial score (nSPS) is 13.8. The largest absolute Gasteiger partial charge is 0.459 e. The van der Waals surface area contributed by atoms with Gasteiger partial charge in [0.1, 0.15) is 6.54 Å². The summed E-state index contributed by atoms with van der Waals surface area (Å²) >= 11 is 0. The second kappa shape index (κ2) is 5.84. The lowest BCUT2D eigenvalue weighted by Crippen LogP contribution is -2.43. The summed E-state index contributed by atoms with van der Waals surface area (Å²) in [5.41, 5.74) is 0.643. The molecule has 1 aromatic carbocycles. The fourth-order valence-corrected chi connectivity index (χ4v) is 2.67. The van der Waals surface area contributed by atoms with Crippen molar-refractivity contribution in [1.82, 2.24) is 10.2 Å². The molecule has 2 aromatic heterocycles. The highest BCUT2D eigenvalue weighted by Crippen LogP contribution is 2.29. The number of nitrogens with zero attached hydrogens (tertiary/aromatic N) is 2. The molecule has 1 fully saturated rings. The fraction of sp³-hybridized carbons (Fsp3) is 0.235. The second-order valence-electron chi connectivity index (χ2n) is 5.74. The van der Waals surface area contributed by atoms with Crippen LogP contribution in [0.4, 0.5) is 0 Å². The van der Waals surface area contributed by atoms with E-state index in [1.54, 1.807) is 21.7 Å². The third-order valence-electron chi connectivity index (χ3n) is 4.05. The van der Waals surface area contributed by atoms with Crippen molar-refractivity contribution in [2.24, 2.45) is 0 Å². The van der Waals surface area contributed by atoms with Crippen molar-refractivity contribution in [2.45, 2.75) is 25.4 Å². The summed E-state index contributed by atoms with van der Waals surface area (Å²) in [5.74, 6) is 0.0517. The smallest absolute Gasteiger partial charge is 0.432 e. The molecule has 0 atom stereocenters. The number of aromatic amines is 1. The quantitative estimate of drug-likeness (QED) is 0.723. The van der Waals surface area contributed by atoms with E-state index in [-0.39, 0.29) is 24.3 Å². The summed E-state index contributed by atoms with van der Waals surface area (Å²) in [6.07, 6.45) is 3.31. The van der Waals surface area contributed by atoms with Gasteiger partial charge in [-0.25, -0.2) is 4.79 Å². The highest BCUT2D eigenvalue weighted by atomic mass is 16.5. The Morgan fingerprint density at radius 2 is 2.00 bits per heavy atom. The van der Waals surface area contributed by atoms with Gasteiger partial charge in [-0.3, -0.25) is 9.32 Å². The van der Waals surface area contributed by atoms with Crippen LogP contribution < -0.4 is 10.3 Å². The van der Waals surface area contributed by atoms with Crippen LogP contribution in [0.25, 0.3) is 5.69 Å². The van der Waals surface area contributed by atoms with Gasteiger partial charge in [-0.2, -0.15) is 0 Å². The van der Waals surface area contributed by atoms with E-state index >= 15 is 0 Å². The zero-order chi connectivity index (χ0) is 16.5. The van der Waals surface area contributed by atoms with Crippen molar-refractivity contribution < 1.29 is 18.4 Å². The van der Waals surface area contributed by atoms with Gasteiger partial charge in [0.25, 0.3) is 5.91 Å². The minimum Gasteiger partial charge on any atom is -0.459 e. The fourth-order valence-electron chi connectivity index (χ4n) is 2.67. The van der Waals surface area contributed by atoms with E-state index in [2.05, 4.69) is 5.27 Å². The van der Waals surface area contributed by atoms with Crippen molar-refractivity contribution in [3.05, 3.63) is 70.6 Å². The molecule has 0 aliphatic heterocycles. The van der Waals surface area contributed by atoms with Crippen LogP contribution in [0.5, 0.6) is 0 Å². The molecule has 0 saturated heterocycles. The second-order valence-corrected chi connectivity index (χ2v) is 5.74. The van der Waals surface area contributed by atoms with E-state index in [9.17, 15) is 9.59 Å². The number of H-pyrrole nitrogens is 1. The number of aromatic nitrogens is 2. The average Bonchev–Trinajstić information content (AvgIpc) is 3.17. The maximum absolute atomic E-state index is 12.7. The van der Waals surface area contributed by atoms with Gasteiger partial charge in [0.15, 0.2) is 5.76 Å². The molecule has 1 aliphatic rings. The molecule has 122 valence electrons. The van der Waals surface area contributed by atoms with Gasteiger partial charge in [0.05, 0.1) is 6.26 Å². The van der Waals surface area contributed by atoms with Crippen molar-refractivity contribution in [3.8, 4) is 5.69 Å². The summed E-state index contributed by atoms with van der Waals surface area (Å²) < 4.78 is 11.7. The first-order valence-corrected chi connectivity index (χ1v) is 7.76. The lowest BCUT2D eigenvalue weighted by atomic mass is 10.3. The Morgan fingerprint density at radius 1 is 1.21 bits per heavy atom. The Hall–Kier alpha value is -3.09. The molecule has 1 amide bonds. The third-order valence-corrected chi connectivity index (χ3v) is 4.05. The average molecular weight is 326 g/mol. The van der Waals surface area contributed by atoms with Crippen LogP contribution in [0, 0.1) is 0 Å². The highest BCUT2D eigenvalue weighted by Gasteiger charge is 2.38. The minimum absolute atomic E-state index is 0.126. The Balaban J connectivity index is 1.68. The van der Waals surface area contributed by atoms with Gasteiger partial charge < -0.3 is 9.32 Å². The highest BCUT2D eigenvalue weighted by molar-refractivity contribution is 5.91. The van der Waals surface area contributed by atoms with Crippen molar-refractivity contribution >= 4 is 5.91 Å². The number of benzene rings is 1. The van der Waals surface area contributed by atoms with E-state index in [4.69, 9.17) is 8.94 Å². The summed E-state index contributed by atoms with van der Waals surface area (Å²) in [5, 5.41) is 2.60. The zero-order valence-electron chi connectivity index (χ0n) is 12.8. The summed E-state index contributed by atoms with van der Waals surface area (Å²) in [6, 6.07) is 12.7. The van der Waals surface area contributed by atoms with Crippen LogP contribution >= 0.6 is 0 Å². The van der Waals surface area contributed by atoms with Gasteiger partial charge in [0, 0.05) is 18.2 Å². The zero-order valence-corrected chi connectivity index (χ0v) is 12.8. The molecule has 1 N–H and O–H groups in total. The van der Waals surface area contributed by atoms with Gasteiger partial charge in [-0.15, -0.1) is 0 Å². The Bertz CT molecular complexity index is 892. The maximum atomic E-state index is 12.7. The van der Waals surface area contributed by atoms with Crippen molar-refractivity contribution in [2.75, 3.05) is 0 Å². The molecule has 24 heavy (non-hydrogen) atoms. The molecular weight excluding hydrogens is 310 g/mol. The summed E-state index contributed by atoms with van der Waals surface area (Å²) in [4.78, 5) is 26.4. The summed E-state index contributed by atoms with van der Waals surface area (Å²) in [7, 11) is 0. The SMILES string of the molecule is O=C(c1ccco1)N(Cc1c(=O)o[nH][n+]1-c1ccccc1)C1CC1. The number of hydrogen-bond acceptors (Lipinski definition) is 4. The molecule has 4 rings (SSSR count). The van der Waals surface area contributed by atoms with Crippen molar-refractivity contribution in [3.63, 3.8) is 0 Å². The number of nitrogens with one attached hydrogen (secondary N) is 1. The Kier molecular flexibility index (Phi) is 3.53. The van der Waals surface area contributed by atoms with Crippen LogP contribution in [0.2, 0.25) is 0 Å². The Morgan fingerprint density at radius 3 is 2.67 bits per heavy atom. The number of carbonyl (C=O) groups excluding carboxylic acids is 1. The van der Waals surface area contributed by atoms with Crippen LogP contribution in [0.15, 0.2) is 62.5 Å². The number of hydrogen-bond donors (Lipinski definition) is 1.